The number of H-pyrrole nitrogens is 1. The lowest BCUT2D eigenvalue weighted by Crippen LogP contribution is -1.97. The Balaban J connectivity index is 1.29. The molecule has 4 heteroatoms. The van der Waals surface area contributed by atoms with Gasteiger partial charge in [-0.05, 0) is 49.2 Å². The van der Waals surface area contributed by atoms with Crippen LogP contribution in [0.4, 0.5) is 0 Å². The van der Waals surface area contributed by atoms with Gasteiger partial charge in [0, 0.05) is 18.8 Å². The molecule has 4 nitrogen and oxygen atoms in total. The zero-order valence-electron chi connectivity index (χ0n) is 14.4. The van der Waals surface area contributed by atoms with Crippen molar-refractivity contribution in [3.63, 3.8) is 0 Å². The zero-order valence-corrected chi connectivity index (χ0v) is 14.4. The third-order valence-corrected chi connectivity index (χ3v) is 3.93. The lowest BCUT2D eigenvalue weighted by Gasteiger charge is -2.08. The van der Waals surface area contributed by atoms with Gasteiger partial charge in [0.1, 0.15) is 23.1 Å². The van der Waals surface area contributed by atoms with Gasteiger partial charge in [0.15, 0.2) is 0 Å². The van der Waals surface area contributed by atoms with E-state index in [1.807, 2.05) is 60.8 Å². The maximum absolute atomic E-state index is 5.79. The smallest absolute Gasteiger partial charge is 0.127 e. The van der Waals surface area contributed by atoms with Crippen molar-refractivity contribution < 1.29 is 9.47 Å². The second-order valence-corrected chi connectivity index (χ2v) is 5.94. The minimum Gasteiger partial charge on any atom is -0.494 e. The highest BCUT2D eigenvalue weighted by Gasteiger charge is 1.99. The molecular formula is C21H24N2O2. The number of unbranched alkanes of at least 4 members (excludes halogenated alkanes) is 3. The van der Waals surface area contributed by atoms with E-state index in [-0.39, 0.29) is 0 Å². The topological polar surface area (TPSA) is 47.1 Å². The predicted molar refractivity (Wildman–Crippen MR) is 99.2 cm³/mol. The number of benzene rings is 2. The Hall–Kier alpha value is -2.75. The fourth-order valence-corrected chi connectivity index (χ4v) is 2.60. The number of aromatic amines is 1. The zero-order chi connectivity index (χ0) is 17.2. The molecule has 130 valence electrons. The SMILES string of the molecule is c1ccc(Oc2ccc(OCCCCCCc3ncc[nH]3)cc2)cc1. The molecule has 1 N–H and O–H groups in total. The fourth-order valence-electron chi connectivity index (χ4n) is 2.60. The first-order chi connectivity index (χ1) is 12.4. The second-order valence-electron chi connectivity index (χ2n) is 5.94. The van der Waals surface area contributed by atoms with Crippen molar-refractivity contribution in [2.24, 2.45) is 0 Å². The molecule has 0 amide bonds. The number of para-hydroxylation sites is 1. The first-order valence-electron chi connectivity index (χ1n) is 8.84. The van der Waals surface area contributed by atoms with E-state index in [2.05, 4.69) is 9.97 Å². The van der Waals surface area contributed by atoms with Crippen molar-refractivity contribution in [2.45, 2.75) is 32.1 Å². The van der Waals surface area contributed by atoms with Gasteiger partial charge in [-0.15, -0.1) is 0 Å². The number of nitrogens with one attached hydrogen (secondary N) is 1. The van der Waals surface area contributed by atoms with Crippen LogP contribution in [0, 0.1) is 0 Å². The molecule has 0 saturated carbocycles. The molecule has 0 aliphatic carbocycles. The van der Waals surface area contributed by atoms with Crippen molar-refractivity contribution in [1.29, 1.82) is 0 Å². The molecule has 25 heavy (non-hydrogen) atoms. The van der Waals surface area contributed by atoms with Crippen LogP contribution in [0.15, 0.2) is 67.0 Å². The van der Waals surface area contributed by atoms with Crippen LogP contribution in [-0.4, -0.2) is 16.6 Å². The number of aromatic nitrogens is 2. The molecular weight excluding hydrogens is 312 g/mol. The maximum atomic E-state index is 5.79. The summed E-state index contributed by atoms with van der Waals surface area (Å²) in [5.74, 6) is 3.62. The summed E-state index contributed by atoms with van der Waals surface area (Å²) >= 11 is 0. The molecule has 2 aromatic carbocycles. The summed E-state index contributed by atoms with van der Waals surface area (Å²) < 4.78 is 11.6. The normalized spacial score (nSPS) is 10.6. The molecule has 0 saturated heterocycles. The molecule has 0 aliphatic rings. The van der Waals surface area contributed by atoms with Crippen LogP contribution in [0.3, 0.4) is 0 Å². The number of rotatable bonds is 10. The Morgan fingerprint density at radius 3 is 2.24 bits per heavy atom. The summed E-state index contributed by atoms with van der Waals surface area (Å²) in [6, 6.07) is 17.6. The van der Waals surface area contributed by atoms with Crippen LogP contribution in [0.1, 0.15) is 31.5 Å². The summed E-state index contributed by atoms with van der Waals surface area (Å²) in [4.78, 5) is 7.37. The third kappa shape index (κ3) is 5.99. The van der Waals surface area contributed by atoms with Crippen LogP contribution < -0.4 is 9.47 Å². The Kier molecular flexibility index (Phi) is 6.51. The second kappa shape index (κ2) is 9.52. The molecule has 0 fully saturated rings. The van der Waals surface area contributed by atoms with Crippen molar-refractivity contribution in [1.82, 2.24) is 9.97 Å². The first kappa shape index (κ1) is 17.1. The van der Waals surface area contributed by atoms with E-state index in [1.165, 1.54) is 19.3 Å². The van der Waals surface area contributed by atoms with E-state index in [9.17, 15) is 0 Å². The number of aryl methyl sites for hydroxylation is 1. The van der Waals surface area contributed by atoms with Crippen molar-refractivity contribution in [3.8, 4) is 17.2 Å². The van der Waals surface area contributed by atoms with E-state index in [4.69, 9.17) is 9.47 Å². The highest BCUT2D eigenvalue weighted by atomic mass is 16.5. The minimum absolute atomic E-state index is 0.750. The number of hydrogen-bond acceptors (Lipinski definition) is 3. The van der Waals surface area contributed by atoms with Crippen LogP contribution in [0.5, 0.6) is 17.2 Å². The molecule has 0 spiro atoms. The van der Waals surface area contributed by atoms with Gasteiger partial charge in [-0.1, -0.05) is 31.0 Å². The minimum atomic E-state index is 0.750. The van der Waals surface area contributed by atoms with Crippen LogP contribution >= 0.6 is 0 Å². The Morgan fingerprint density at radius 2 is 1.48 bits per heavy atom. The largest absolute Gasteiger partial charge is 0.494 e. The number of nitrogens with zero attached hydrogens (tertiary/aromatic N) is 1. The van der Waals surface area contributed by atoms with E-state index >= 15 is 0 Å². The van der Waals surface area contributed by atoms with Crippen LogP contribution in [0.2, 0.25) is 0 Å². The van der Waals surface area contributed by atoms with Crippen molar-refractivity contribution in [3.05, 3.63) is 72.8 Å². The van der Waals surface area contributed by atoms with Gasteiger partial charge >= 0.3 is 0 Å². The van der Waals surface area contributed by atoms with Gasteiger partial charge in [0.25, 0.3) is 0 Å². The molecule has 0 radical (unpaired) electrons. The van der Waals surface area contributed by atoms with Gasteiger partial charge in [-0.3, -0.25) is 0 Å². The molecule has 3 rings (SSSR count). The monoisotopic (exact) mass is 336 g/mol. The molecule has 1 aromatic heterocycles. The van der Waals surface area contributed by atoms with Gasteiger partial charge in [0.05, 0.1) is 6.61 Å². The van der Waals surface area contributed by atoms with E-state index in [1.54, 1.807) is 6.20 Å². The molecule has 3 aromatic rings. The average molecular weight is 336 g/mol. The highest BCUT2D eigenvalue weighted by molar-refractivity contribution is 5.35. The highest BCUT2D eigenvalue weighted by Crippen LogP contribution is 2.23. The van der Waals surface area contributed by atoms with E-state index < -0.39 is 0 Å². The molecule has 1 heterocycles. The Morgan fingerprint density at radius 1 is 0.760 bits per heavy atom. The Labute approximate surface area is 148 Å². The van der Waals surface area contributed by atoms with Gasteiger partial charge in [-0.25, -0.2) is 4.98 Å². The standard InChI is InChI=1S/C21H24N2O2/c1(6-10-21-22-15-16-23-21)2-7-17-24-18-11-13-20(14-12-18)25-19-8-4-3-5-9-19/h3-5,8-9,11-16H,1-2,6-7,10,17H2,(H,22,23). The summed E-state index contributed by atoms with van der Waals surface area (Å²) in [5, 5.41) is 0. The van der Waals surface area contributed by atoms with Gasteiger partial charge in [-0.2, -0.15) is 0 Å². The molecule has 0 bridgehead atoms. The third-order valence-electron chi connectivity index (χ3n) is 3.93. The van der Waals surface area contributed by atoms with Crippen molar-refractivity contribution in [2.75, 3.05) is 6.61 Å². The molecule has 0 unspecified atom stereocenters. The number of imidazole rings is 1. The summed E-state index contributed by atoms with van der Waals surface area (Å²) in [5.41, 5.74) is 0. The molecule has 0 aliphatic heterocycles. The van der Waals surface area contributed by atoms with Crippen LogP contribution in [-0.2, 0) is 6.42 Å². The lowest BCUT2D eigenvalue weighted by molar-refractivity contribution is 0.304. The van der Waals surface area contributed by atoms with Gasteiger partial charge in [0.2, 0.25) is 0 Å². The summed E-state index contributed by atoms with van der Waals surface area (Å²) in [7, 11) is 0. The Bertz CT molecular complexity index is 709. The van der Waals surface area contributed by atoms with E-state index in [0.717, 1.165) is 42.5 Å². The fraction of sp³-hybridized carbons (Fsp3) is 0.286. The number of ether oxygens (including phenoxy) is 2. The number of hydrogen-bond donors (Lipinski definition) is 1. The van der Waals surface area contributed by atoms with Gasteiger partial charge < -0.3 is 14.5 Å². The van der Waals surface area contributed by atoms with Crippen LogP contribution in [0.25, 0.3) is 0 Å². The average Bonchev–Trinajstić information content (AvgIpc) is 3.17. The lowest BCUT2D eigenvalue weighted by atomic mass is 10.1. The first-order valence-corrected chi connectivity index (χ1v) is 8.84. The van der Waals surface area contributed by atoms with E-state index in [0.29, 0.717) is 0 Å². The summed E-state index contributed by atoms with van der Waals surface area (Å²) in [6.07, 6.45) is 9.32. The van der Waals surface area contributed by atoms with Crippen molar-refractivity contribution >= 4 is 0 Å². The predicted octanol–water partition coefficient (Wildman–Crippen LogP) is 5.38. The quantitative estimate of drug-likeness (QED) is 0.505. The maximum Gasteiger partial charge on any atom is 0.127 e. The summed E-state index contributed by atoms with van der Waals surface area (Å²) in [6.45, 7) is 0.750. The molecule has 0 atom stereocenters.